The molecule has 0 aliphatic rings. The van der Waals surface area contributed by atoms with Gasteiger partial charge in [-0.05, 0) is 30.3 Å². The Bertz CT molecular complexity index is 967. The molecule has 0 aliphatic heterocycles. The third-order valence-electron chi connectivity index (χ3n) is 3.37. The molecule has 7 nitrogen and oxygen atoms in total. The molecule has 0 spiro atoms. The van der Waals surface area contributed by atoms with E-state index in [2.05, 4.69) is 20.3 Å². The predicted octanol–water partition coefficient (Wildman–Crippen LogP) is 3.26. The van der Waals surface area contributed by atoms with Crippen LogP contribution in [0.15, 0.2) is 48.5 Å². The van der Waals surface area contributed by atoms with Crippen LogP contribution >= 0.6 is 0 Å². The number of anilines is 1. The van der Waals surface area contributed by atoms with E-state index in [-0.39, 0.29) is 11.4 Å². The Kier molecular flexibility index (Phi) is 4.97. The fraction of sp³-hybridized carbons (Fsp3) is 0.118. The van der Waals surface area contributed by atoms with Gasteiger partial charge in [0.15, 0.2) is 12.3 Å². The van der Waals surface area contributed by atoms with Crippen molar-refractivity contribution in [3.63, 3.8) is 0 Å². The van der Waals surface area contributed by atoms with E-state index in [1.165, 1.54) is 12.1 Å². The van der Waals surface area contributed by atoms with Gasteiger partial charge in [-0.25, -0.2) is 4.79 Å². The Balaban J connectivity index is 1.54. The highest BCUT2D eigenvalue weighted by molar-refractivity contribution is 6.03. The molecule has 1 aromatic heterocycles. The van der Waals surface area contributed by atoms with E-state index in [9.17, 15) is 22.8 Å². The number of ether oxygens (including phenoxy) is 2. The number of benzene rings is 2. The zero-order chi connectivity index (χ0) is 19.4. The number of hydrogen-bond donors (Lipinski definition) is 2. The van der Waals surface area contributed by atoms with E-state index < -0.39 is 30.6 Å². The molecular weight excluding hydrogens is 367 g/mol. The fourth-order valence-corrected chi connectivity index (χ4v) is 2.26. The largest absolute Gasteiger partial charge is 0.573 e. The second-order valence-corrected chi connectivity index (χ2v) is 5.31. The molecule has 0 atom stereocenters. The molecule has 10 heteroatoms. The number of hydrogen-bond acceptors (Lipinski definition) is 5. The van der Waals surface area contributed by atoms with Crippen molar-refractivity contribution in [2.24, 2.45) is 0 Å². The van der Waals surface area contributed by atoms with Crippen LogP contribution in [0.4, 0.5) is 18.9 Å². The summed E-state index contributed by atoms with van der Waals surface area (Å²) in [5, 5.41) is 9.48. The van der Waals surface area contributed by atoms with Gasteiger partial charge < -0.3 is 14.8 Å². The summed E-state index contributed by atoms with van der Waals surface area (Å²) < 4.78 is 44.9. The number of carbonyl (C=O) groups excluding carboxylic acids is 2. The number of nitrogens with zero attached hydrogens (tertiary/aromatic N) is 1. The van der Waals surface area contributed by atoms with E-state index in [0.29, 0.717) is 10.9 Å². The molecule has 0 fully saturated rings. The maximum atomic E-state index is 12.1. The van der Waals surface area contributed by atoms with E-state index in [0.717, 1.165) is 12.1 Å². The molecular formula is C17H12F3N3O4. The van der Waals surface area contributed by atoms with E-state index >= 15 is 0 Å². The number of carbonyl (C=O) groups is 2. The Morgan fingerprint density at radius 1 is 1.07 bits per heavy atom. The van der Waals surface area contributed by atoms with Crippen LogP contribution in [-0.4, -0.2) is 35.0 Å². The summed E-state index contributed by atoms with van der Waals surface area (Å²) in [7, 11) is 0. The second kappa shape index (κ2) is 7.36. The highest BCUT2D eigenvalue weighted by atomic mass is 19.4. The van der Waals surface area contributed by atoms with Crippen molar-refractivity contribution in [1.82, 2.24) is 10.2 Å². The average Bonchev–Trinajstić information content (AvgIpc) is 3.04. The summed E-state index contributed by atoms with van der Waals surface area (Å²) >= 11 is 0. The normalized spacial score (nSPS) is 11.2. The number of rotatable bonds is 5. The average molecular weight is 379 g/mol. The lowest BCUT2D eigenvalue weighted by Crippen LogP contribution is -2.21. The number of aromatic amines is 1. The van der Waals surface area contributed by atoms with Crippen molar-refractivity contribution in [3.05, 3.63) is 54.2 Å². The van der Waals surface area contributed by atoms with E-state index in [1.54, 1.807) is 24.3 Å². The number of para-hydroxylation sites is 1. The number of fused-ring (bicyclic) bond motifs is 1. The van der Waals surface area contributed by atoms with Crippen molar-refractivity contribution in [1.29, 1.82) is 0 Å². The van der Waals surface area contributed by atoms with Crippen LogP contribution in [0.1, 0.15) is 10.5 Å². The Morgan fingerprint density at radius 2 is 1.78 bits per heavy atom. The molecule has 2 aromatic carbocycles. The fourth-order valence-electron chi connectivity index (χ4n) is 2.26. The molecule has 140 valence electrons. The number of halogens is 3. The minimum atomic E-state index is -4.80. The SMILES string of the molecule is O=C(COC(=O)c1n[nH]c2ccccc12)Nc1ccc(OC(F)(F)F)cc1. The quantitative estimate of drug-likeness (QED) is 0.664. The number of amides is 1. The lowest BCUT2D eigenvalue weighted by molar-refractivity contribution is -0.274. The van der Waals surface area contributed by atoms with Crippen molar-refractivity contribution >= 4 is 28.5 Å². The van der Waals surface area contributed by atoms with Crippen LogP contribution < -0.4 is 10.1 Å². The minimum Gasteiger partial charge on any atom is -0.451 e. The van der Waals surface area contributed by atoms with Gasteiger partial charge in [0.1, 0.15) is 5.75 Å². The summed E-state index contributed by atoms with van der Waals surface area (Å²) in [4.78, 5) is 23.9. The predicted molar refractivity (Wildman–Crippen MR) is 88.1 cm³/mol. The van der Waals surface area contributed by atoms with Gasteiger partial charge in [0, 0.05) is 11.1 Å². The Labute approximate surface area is 150 Å². The van der Waals surface area contributed by atoms with Crippen molar-refractivity contribution in [2.45, 2.75) is 6.36 Å². The summed E-state index contributed by atoms with van der Waals surface area (Å²) in [5.74, 6) is -1.86. The van der Waals surface area contributed by atoms with Gasteiger partial charge in [0.2, 0.25) is 0 Å². The molecule has 1 amide bonds. The number of esters is 1. The lowest BCUT2D eigenvalue weighted by Gasteiger charge is -2.10. The number of H-pyrrole nitrogens is 1. The molecule has 27 heavy (non-hydrogen) atoms. The number of alkyl halides is 3. The highest BCUT2D eigenvalue weighted by Gasteiger charge is 2.31. The van der Waals surface area contributed by atoms with Gasteiger partial charge in [-0.3, -0.25) is 9.89 Å². The molecule has 0 radical (unpaired) electrons. The molecule has 1 heterocycles. The second-order valence-electron chi connectivity index (χ2n) is 5.31. The van der Waals surface area contributed by atoms with Crippen LogP contribution in [0, 0.1) is 0 Å². The first kappa shape index (κ1) is 18.2. The number of aromatic nitrogens is 2. The van der Waals surface area contributed by atoms with Crippen LogP contribution in [0.3, 0.4) is 0 Å². The monoisotopic (exact) mass is 379 g/mol. The molecule has 2 N–H and O–H groups in total. The summed E-state index contributed by atoms with van der Waals surface area (Å²) in [6.07, 6.45) is -4.80. The topological polar surface area (TPSA) is 93.3 Å². The summed E-state index contributed by atoms with van der Waals surface area (Å²) in [5.41, 5.74) is 0.915. The Morgan fingerprint density at radius 3 is 2.48 bits per heavy atom. The first-order valence-corrected chi connectivity index (χ1v) is 7.58. The third-order valence-corrected chi connectivity index (χ3v) is 3.37. The van der Waals surface area contributed by atoms with Crippen molar-refractivity contribution in [3.8, 4) is 5.75 Å². The van der Waals surface area contributed by atoms with Crippen LogP contribution in [-0.2, 0) is 9.53 Å². The zero-order valence-corrected chi connectivity index (χ0v) is 13.5. The lowest BCUT2D eigenvalue weighted by atomic mass is 10.2. The summed E-state index contributed by atoms with van der Waals surface area (Å²) in [6.45, 7) is -0.583. The van der Waals surface area contributed by atoms with Crippen LogP contribution in [0.2, 0.25) is 0 Å². The first-order valence-electron chi connectivity index (χ1n) is 7.58. The van der Waals surface area contributed by atoms with Crippen molar-refractivity contribution < 1.29 is 32.2 Å². The highest BCUT2D eigenvalue weighted by Crippen LogP contribution is 2.24. The zero-order valence-electron chi connectivity index (χ0n) is 13.5. The standard InChI is InChI=1S/C17H12F3N3O4/c18-17(19,20)27-11-7-5-10(6-8-11)21-14(24)9-26-16(25)15-12-3-1-2-4-13(12)22-23-15/h1-8H,9H2,(H,21,24)(H,22,23). The minimum absolute atomic E-state index is 0.0482. The summed E-state index contributed by atoms with van der Waals surface area (Å²) in [6, 6.07) is 11.5. The molecule has 3 aromatic rings. The van der Waals surface area contributed by atoms with Gasteiger partial charge in [-0.2, -0.15) is 5.10 Å². The van der Waals surface area contributed by atoms with E-state index in [4.69, 9.17) is 4.74 Å². The molecule has 0 aliphatic carbocycles. The molecule has 0 saturated heterocycles. The molecule has 0 bridgehead atoms. The van der Waals surface area contributed by atoms with Gasteiger partial charge >= 0.3 is 12.3 Å². The molecule has 0 unspecified atom stereocenters. The van der Waals surface area contributed by atoms with Gasteiger partial charge in [0.25, 0.3) is 5.91 Å². The Hall–Kier alpha value is -3.56. The first-order chi connectivity index (χ1) is 12.8. The molecule has 0 saturated carbocycles. The maximum absolute atomic E-state index is 12.1. The molecule has 3 rings (SSSR count). The van der Waals surface area contributed by atoms with Gasteiger partial charge in [0.05, 0.1) is 5.52 Å². The van der Waals surface area contributed by atoms with Crippen LogP contribution in [0.25, 0.3) is 10.9 Å². The van der Waals surface area contributed by atoms with Crippen molar-refractivity contribution in [2.75, 3.05) is 11.9 Å². The van der Waals surface area contributed by atoms with Gasteiger partial charge in [-0.15, -0.1) is 13.2 Å². The van der Waals surface area contributed by atoms with E-state index in [1.807, 2.05) is 0 Å². The van der Waals surface area contributed by atoms with Gasteiger partial charge in [-0.1, -0.05) is 18.2 Å². The third kappa shape index (κ3) is 4.75. The smallest absolute Gasteiger partial charge is 0.451 e. The van der Waals surface area contributed by atoms with Crippen LogP contribution in [0.5, 0.6) is 5.75 Å². The maximum Gasteiger partial charge on any atom is 0.573 e. The number of nitrogens with one attached hydrogen (secondary N) is 2.